The molecule has 1 N–H and O–H groups in total. The van der Waals surface area contributed by atoms with Gasteiger partial charge in [-0.05, 0) is 26.3 Å². The Hall–Kier alpha value is -0.870. The Labute approximate surface area is 104 Å². The zero-order valence-corrected chi connectivity index (χ0v) is 11.4. The van der Waals surface area contributed by atoms with Gasteiger partial charge in [0.2, 0.25) is 0 Å². The highest BCUT2D eigenvalue weighted by Crippen LogP contribution is 2.18. The molecule has 1 aromatic heterocycles. The number of aryl methyl sites for hydroxylation is 1. The van der Waals surface area contributed by atoms with Crippen LogP contribution < -0.4 is 5.32 Å². The summed E-state index contributed by atoms with van der Waals surface area (Å²) in [6.45, 7) is 8.39. The van der Waals surface area contributed by atoms with Crippen molar-refractivity contribution in [1.29, 1.82) is 0 Å². The summed E-state index contributed by atoms with van der Waals surface area (Å²) < 4.78 is 7.43. The zero-order valence-electron chi connectivity index (χ0n) is 11.4. The van der Waals surface area contributed by atoms with Crippen molar-refractivity contribution in [3.8, 4) is 0 Å². The average Bonchev–Trinajstić information content (AvgIpc) is 2.78. The van der Waals surface area contributed by atoms with E-state index < -0.39 is 0 Å². The Kier molecular flexibility index (Phi) is 6.22. The molecule has 0 fully saturated rings. The lowest BCUT2D eigenvalue weighted by molar-refractivity contribution is 0.0830. The lowest BCUT2D eigenvalue weighted by Gasteiger charge is -2.23. The number of methoxy groups -OCH3 is 1. The minimum absolute atomic E-state index is 0.154. The normalized spacial score (nSPS) is 14.8. The van der Waals surface area contributed by atoms with Gasteiger partial charge in [0.25, 0.3) is 0 Å². The van der Waals surface area contributed by atoms with Gasteiger partial charge in [0.15, 0.2) is 0 Å². The Balaban J connectivity index is 2.72. The summed E-state index contributed by atoms with van der Waals surface area (Å²) in [5, 5.41) is 7.89. The number of ether oxygens (including phenoxy) is 1. The van der Waals surface area contributed by atoms with Crippen molar-refractivity contribution in [2.75, 3.05) is 13.7 Å². The molecule has 0 aliphatic rings. The monoisotopic (exact) mass is 239 g/mol. The molecule has 0 saturated carbocycles. The number of nitrogens with one attached hydrogen (secondary N) is 1. The van der Waals surface area contributed by atoms with E-state index in [2.05, 4.69) is 37.4 Å². The van der Waals surface area contributed by atoms with Gasteiger partial charge >= 0.3 is 0 Å². The molecule has 1 aromatic rings. The highest BCUT2D eigenvalue weighted by Gasteiger charge is 2.19. The molecule has 4 heteroatoms. The van der Waals surface area contributed by atoms with Crippen molar-refractivity contribution in [3.05, 3.63) is 18.0 Å². The topological polar surface area (TPSA) is 39.1 Å². The van der Waals surface area contributed by atoms with Crippen molar-refractivity contribution in [1.82, 2.24) is 15.1 Å². The van der Waals surface area contributed by atoms with E-state index in [0.717, 1.165) is 25.9 Å². The number of hydrogen-bond acceptors (Lipinski definition) is 3. The Morgan fingerprint density at radius 3 is 2.76 bits per heavy atom. The minimum atomic E-state index is 0.154. The van der Waals surface area contributed by atoms with Crippen molar-refractivity contribution in [2.45, 2.75) is 52.3 Å². The van der Waals surface area contributed by atoms with Crippen LogP contribution >= 0.6 is 0 Å². The molecule has 0 spiro atoms. The van der Waals surface area contributed by atoms with Gasteiger partial charge in [0, 0.05) is 25.4 Å². The fourth-order valence-corrected chi connectivity index (χ4v) is 1.88. The maximum atomic E-state index is 5.43. The van der Waals surface area contributed by atoms with E-state index in [9.17, 15) is 0 Å². The third kappa shape index (κ3) is 4.13. The number of nitrogens with zero attached hydrogens (tertiary/aromatic N) is 2. The Morgan fingerprint density at radius 2 is 2.18 bits per heavy atom. The summed E-state index contributed by atoms with van der Waals surface area (Å²) in [7, 11) is 1.75. The molecular formula is C13H25N3O. The third-order valence-electron chi connectivity index (χ3n) is 2.92. The predicted molar refractivity (Wildman–Crippen MR) is 70.0 cm³/mol. The first-order valence-electron chi connectivity index (χ1n) is 6.51. The molecule has 1 rings (SSSR count). The Bertz CT molecular complexity index is 311. The van der Waals surface area contributed by atoms with Gasteiger partial charge in [-0.2, -0.15) is 5.10 Å². The molecule has 2 unspecified atom stereocenters. The van der Waals surface area contributed by atoms with Crippen LogP contribution in [0.15, 0.2) is 12.4 Å². The highest BCUT2D eigenvalue weighted by atomic mass is 16.5. The Morgan fingerprint density at radius 1 is 1.41 bits per heavy atom. The van der Waals surface area contributed by atoms with Crippen LogP contribution in [0.25, 0.3) is 0 Å². The van der Waals surface area contributed by atoms with E-state index in [1.54, 1.807) is 7.11 Å². The molecule has 0 amide bonds. The lowest BCUT2D eigenvalue weighted by atomic mass is 10.1. The molecule has 0 aliphatic heterocycles. The van der Waals surface area contributed by atoms with E-state index in [1.807, 2.05) is 10.9 Å². The summed E-state index contributed by atoms with van der Waals surface area (Å²) in [5.41, 5.74) is 1.21. The number of rotatable bonds is 8. The number of aromatic nitrogens is 2. The standard InChI is InChI=1S/C13H25N3O/c1-5-7-14-13(11(3)17-4)12-9-15-16(10-12)8-6-2/h9-11,13-14H,5-8H2,1-4H3. The van der Waals surface area contributed by atoms with E-state index >= 15 is 0 Å². The van der Waals surface area contributed by atoms with Crippen LogP contribution in [0.1, 0.15) is 45.2 Å². The van der Waals surface area contributed by atoms with Gasteiger partial charge in [0.05, 0.1) is 18.3 Å². The molecule has 0 aromatic carbocycles. The van der Waals surface area contributed by atoms with Crippen LogP contribution in [0.5, 0.6) is 0 Å². The number of hydrogen-bond donors (Lipinski definition) is 1. The largest absolute Gasteiger partial charge is 0.380 e. The average molecular weight is 239 g/mol. The van der Waals surface area contributed by atoms with Gasteiger partial charge in [-0.25, -0.2) is 0 Å². The maximum absolute atomic E-state index is 5.43. The van der Waals surface area contributed by atoms with Crippen molar-refractivity contribution < 1.29 is 4.74 Å². The van der Waals surface area contributed by atoms with Gasteiger partial charge in [-0.3, -0.25) is 4.68 Å². The molecular weight excluding hydrogens is 214 g/mol. The zero-order chi connectivity index (χ0) is 12.7. The van der Waals surface area contributed by atoms with Crippen LogP contribution in [0, 0.1) is 0 Å². The second-order valence-electron chi connectivity index (χ2n) is 4.41. The van der Waals surface area contributed by atoms with Crippen molar-refractivity contribution in [2.24, 2.45) is 0 Å². The van der Waals surface area contributed by atoms with Gasteiger partial charge < -0.3 is 10.1 Å². The molecule has 0 aliphatic carbocycles. The molecule has 17 heavy (non-hydrogen) atoms. The van der Waals surface area contributed by atoms with Gasteiger partial charge in [-0.1, -0.05) is 13.8 Å². The predicted octanol–water partition coefficient (Wildman–Crippen LogP) is 2.37. The van der Waals surface area contributed by atoms with E-state index in [4.69, 9.17) is 4.74 Å². The summed E-state index contributed by atoms with van der Waals surface area (Å²) in [4.78, 5) is 0. The first kappa shape index (κ1) is 14.2. The SMILES string of the molecule is CCCNC(c1cnn(CCC)c1)C(C)OC. The smallest absolute Gasteiger partial charge is 0.0739 e. The van der Waals surface area contributed by atoms with E-state index in [0.29, 0.717) is 0 Å². The fourth-order valence-electron chi connectivity index (χ4n) is 1.88. The van der Waals surface area contributed by atoms with Crippen LogP contribution in [-0.4, -0.2) is 29.5 Å². The minimum Gasteiger partial charge on any atom is -0.380 e. The molecule has 0 saturated heterocycles. The van der Waals surface area contributed by atoms with Crippen LogP contribution in [0.2, 0.25) is 0 Å². The molecule has 1 heterocycles. The van der Waals surface area contributed by atoms with Crippen molar-refractivity contribution >= 4 is 0 Å². The van der Waals surface area contributed by atoms with Gasteiger partial charge in [0.1, 0.15) is 0 Å². The third-order valence-corrected chi connectivity index (χ3v) is 2.92. The van der Waals surface area contributed by atoms with Gasteiger partial charge in [-0.15, -0.1) is 0 Å². The lowest BCUT2D eigenvalue weighted by Crippen LogP contribution is -2.31. The molecule has 2 atom stereocenters. The van der Waals surface area contributed by atoms with Crippen LogP contribution in [0.4, 0.5) is 0 Å². The van der Waals surface area contributed by atoms with Crippen LogP contribution in [0.3, 0.4) is 0 Å². The summed E-state index contributed by atoms with van der Waals surface area (Å²) in [6, 6.07) is 0.227. The van der Waals surface area contributed by atoms with Crippen LogP contribution in [-0.2, 0) is 11.3 Å². The second kappa shape index (κ2) is 7.45. The quantitative estimate of drug-likeness (QED) is 0.757. The molecule has 98 valence electrons. The fraction of sp³-hybridized carbons (Fsp3) is 0.769. The molecule has 4 nitrogen and oxygen atoms in total. The first-order valence-corrected chi connectivity index (χ1v) is 6.51. The summed E-state index contributed by atoms with van der Waals surface area (Å²) in [5.74, 6) is 0. The first-order chi connectivity index (χ1) is 8.22. The summed E-state index contributed by atoms with van der Waals surface area (Å²) in [6.07, 6.45) is 6.44. The second-order valence-corrected chi connectivity index (χ2v) is 4.41. The molecule has 0 radical (unpaired) electrons. The van der Waals surface area contributed by atoms with Crippen molar-refractivity contribution in [3.63, 3.8) is 0 Å². The molecule has 0 bridgehead atoms. The summed E-state index contributed by atoms with van der Waals surface area (Å²) >= 11 is 0. The maximum Gasteiger partial charge on any atom is 0.0739 e. The van der Waals surface area contributed by atoms with E-state index in [-0.39, 0.29) is 12.1 Å². The highest BCUT2D eigenvalue weighted by molar-refractivity contribution is 5.12. The van der Waals surface area contributed by atoms with E-state index in [1.165, 1.54) is 5.56 Å².